The third-order valence-electron chi connectivity index (χ3n) is 2.24. The predicted octanol–water partition coefficient (Wildman–Crippen LogP) is 2.26. The molecule has 1 atom stereocenters. The number of nitrogens with zero attached hydrogens (tertiary/aromatic N) is 1. The molecular formula is C8H16BrN. The zero-order chi connectivity index (χ0) is 7.40. The van der Waals surface area contributed by atoms with Crippen LogP contribution >= 0.6 is 15.9 Å². The van der Waals surface area contributed by atoms with E-state index in [1.165, 1.54) is 32.4 Å². The second kappa shape index (κ2) is 4.35. The van der Waals surface area contributed by atoms with E-state index >= 15 is 0 Å². The van der Waals surface area contributed by atoms with Crippen LogP contribution in [0.2, 0.25) is 0 Å². The van der Waals surface area contributed by atoms with E-state index in [1.54, 1.807) is 0 Å². The minimum absolute atomic E-state index is 0.736. The van der Waals surface area contributed by atoms with Crippen molar-refractivity contribution in [3.8, 4) is 0 Å². The molecule has 0 spiro atoms. The highest BCUT2D eigenvalue weighted by molar-refractivity contribution is 9.09. The van der Waals surface area contributed by atoms with E-state index in [0.717, 1.165) is 11.4 Å². The van der Waals surface area contributed by atoms with Crippen LogP contribution in [0, 0.1) is 0 Å². The molecule has 1 rings (SSSR count). The van der Waals surface area contributed by atoms with Gasteiger partial charge in [0, 0.05) is 11.4 Å². The van der Waals surface area contributed by atoms with Gasteiger partial charge in [-0.15, -0.1) is 0 Å². The summed E-state index contributed by atoms with van der Waals surface area (Å²) in [6.45, 7) is 4.92. The fraction of sp³-hybridized carbons (Fsp3) is 1.00. The lowest BCUT2D eigenvalue weighted by Gasteiger charge is -2.31. The number of hydrogen-bond acceptors (Lipinski definition) is 1. The third-order valence-corrected chi connectivity index (χ3v) is 3.17. The lowest BCUT2D eigenvalue weighted by atomic mass is 10.1. The molecule has 2 heteroatoms. The number of halogens is 1. The van der Waals surface area contributed by atoms with Gasteiger partial charge in [0.15, 0.2) is 0 Å². The highest BCUT2D eigenvalue weighted by atomic mass is 79.9. The summed E-state index contributed by atoms with van der Waals surface area (Å²) in [5.74, 6) is 0. The van der Waals surface area contributed by atoms with Crippen molar-refractivity contribution < 1.29 is 0 Å². The first-order chi connectivity index (χ1) is 4.84. The zero-order valence-electron chi connectivity index (χ0n) is 6.65. The maximum absolute atomic E-state index is 3.51. The molecule has 1 unspecified atom stereocenters. The summed E-state index contributed by atoms with van der Waals surface area (Å²) < 4.78 is 0. The summed E-state index contributed by atoms with van der Waals surface area (Å²) in [5, 5.41) is 1.12. The Bertz CT molecular complexity index is 89.3. The first kappa shape index (κ1) is 8.54. The van der Waals surface area contributed by atoms with Crippen LogP contribution in [0.1, 0.15) is 26.2 Å². The van der Waals surface area contributed by atoms with Crippen LogP contribution in [-0.4, -0.2) is 29.4 Å². The molecular weight excluding hydrogens is 190 g/mol. The Morgan fingerprint density at radius 2 is 1.90 bits per heavy atom. The molecule has 0 amide bonds. The van der Waals surface area contributed by atoms with Crippen LogP contribution in [0.15, 0.2) is 0 Å². The van der Waals surface area contributed by atoms with E-state index in [0.29, 0.717) is 0 Å². The second-order valence-electron chi connectivity index (χ2n) is 3.10. The van der Waals surface area contributed by atoms with Gasteiger partial charge >= 0.3 is 0 Å². The van der Waals surface area contributed by atoms with Gasteiger partial charge in [0.1, 0.15) is 0 Å². The Morgan fingerprint density at radius 1 is 1.30 bits per heavy atom. The Balaban J connectivity index is 2.24. The largest absolute Gasteiger partial charge is 0.300 e. The van der Waals surface area contributed by atoms with E-state index in [1.807, 2.05) is 0 Å². The van der Waals surface area contributed by atoms with E-state index in [9.17, 15) is 0 Å². The molecule has 1 fully saturated rings. The third kappa shape index (κ3) is 2.24. The maximum Gasteiger partial charge on any atom is 0.0185 e. The monoisotopic (exact) mass is 205 g/mol. The lowest BCUT2D eigenvalue weighted by molar-refractivity contribution is 0.188. The Labute approximate surface area is 71.9 Å². The van der Waals surface area contributed by atoms with E-state index in [-0.39, 0.29) is 0 Å². The van der Waals surface area contributed by atoms with Gasteiger partial charge < -0.3 is 0 Å². The first-order valence-corrected chi connectivity index (χ1v) is 5.26. The van der Waals surface area contributed by atoms with Gasteiger partial charge in [-0.05, 0) is 32.9 Å². The van der Waals surface area contributed by atoms with Gasteiger partial charge in [-0.3, -0.25) is 4.90 Å². The predicted molar refractivity (Wildman–Crippen MR) is 48.7 cm³/mol. The van der Waals surface area contributed by atoms with Crippen molar-refractivity contribution in [2.75, 3.05) is 18.4 Å². The smallest absolute Gasteiger partial charge is 0.0185 e. The van der Waals surface area contributed by atoms with Crippen molar-refractivity contribution in [2.24, 2.45) is 0 Å². The molecule has 0 aromatic carbocycles. The zero-order valence-corrected chi connectivity index (χ0v) is 8.23. The molecule has 0 N–H and O–H groups in total. The molecule has 0 saturated carbocycles. The molecule has 1 heterocycles. The van der Waals surface area contributed by atoms with Crippen LogP contribution in [0.25, 0.3) is 0 Å². The Hall–Kier alpha value is 0.440. The molecule has 1 aliphatic heterocycles. The van der Waals surface area contributed by atoms with Crippen molar-refractivity contribution in [3.05, 3.63) is 0 Å². The number of alkyl halides is 1. The summed E-state index contributed by atoms with van der Waals surface area (Å²) in [5.41, 5.74) is 0. The molecule has 0 aliphatic carbocycles. The van der Waals surface area contributed by atoms with Gasteiger partial charge in [0.2, 0.25) is 0 Å². The SMILES string of the molecule is CC(CBr)N1CCCCC1. The van der Waals surface area contributed by atoms with E-state index in [4.69, 9.17) is 0 Å². The van der Waals surface area contributed by atoms with Crippen molar-refractivity contribution in [1.29, 1.82) is 0 Å². The van der Waals surface area contributed by atoms with Gasteiger partial charge in [0.25, 0.3) is 0 Å². The quantitative estimate of drug-likeness (QED) is 0.626. The second-order valence-corrected chi connectivity index (χ2v) is 3.75. The van der Waals surface area contributed by atoms with Crippen LogP contribution < -0.4 is 0 Å². The van der Waals surface area contributed by atoms with Gasteiger partial charge in [-0.25, -0.2) is 0 Å². The lowest BCUT2D eigenvalue weighted by Crippen LogP contribution is -2.38. The Morgan fingerprint density at radius 3 is 2.40 bits per heavy atom. The maximum atomic E-state index is 3.51. The number of rotatable bonds is 2. The molecule has 0 bridgehead atoms. The number of piperidine rings is 1. The van der Waals surface area contributed by atoms with Crippen molar-refractivity contribution >= 4 is 15.9 Å². The fourth-order valence-electron chi connectivity index (χ4n) is 1.46. The van der Waals surface area contributed by atoms with Crippen LogP contribution in [0.5, 0.6) is 0 Å². The molecule has 10 heavy (non-hydrogen) atoms. The topological polar surface area (TPSA) is 3.24 Å². The molecule has 1 aliphatic rings. The van der Waals surface area contributed by atoms with Crippen LogP contribution in [-0.2, 0) is 0 Å². The van der Waals surface area contributed by atoms with Crippen molar-refractivity contribution in [2.45, 2.75) is 32.2 Å². The highest BCUT2D eigenvalue weighted by Gasteiger charge is 2.14. The summed E-state index contributed by atoms with van der Waals surface area (Å²) in [7, 11) is 0. The molecule has 1 nitrogen and oxygen atoms in total. The molecule has 1 saturated heterocycles. The van der Waals surface area contributed by atoms with Gasteiger partial charge in [-0.1, -0.05) is 22.4 Å². The normalized spacial score (nSPS) is 24.6. The molecule has 60 valence electrons. The number of likely N-dealkylation sites (tertiary alicyclic amines) is 1. The van der Waals surface area contributed by atoms with Gasteiger partial charge in [0.05, 0.1) is 0 Å². The van der Waals surface area contributed by atoms with E-state index in [2.05, 4.69) is 27.8 Å². The molecule has 0 aromatic rings. The summed E-state index contributed by atoms with van der Waals surface area (Å²) in [6, 6.07) is 0.736. The minimum atomic E-state index is 0.736. The number of hydrogen-bond donors (Lipinski definition) is 0. The molecule has 0 radical (unpaired) electrons. The average Bonchev–Trinajstić information content (AvgIpc) is 2.05. The standard InChI is InChI=1S/C8H16BrN/c1-8(7-9)10-5-3-2-4-6-10/h8H,2-7H2,1H3. The summed E-state index contributed by atoms with van der Waals surface area (Å²) >= 11 is 3.51. The van der Waals surface area contributed by atoms with Crippen molar-refractivity contribution in [3.63, 3.8) is 0 Å². The summed E-state index contributed by atoms with van der Waals surface area (Å²) in [6.07, 6.45) is 4.24. The minimum Gasteiger partial charge on any atom is -0.300 e. The fourth-order valence-corrected chi connectivity index (χ4v) is 1.87. The van der Waals surface area contributed by atoms with Gasteiger partial charge in [-0.2, -0.15) is 0 Å². The summed E-state index contributed by atoms with van der Waals surface area (Å²) in [4.78, 5) is 2.57. The first-order valence-electron chi connectivity index (χ1n) is 4.14. The highest BCUT2D eigenvalue weighted by Crippen LogP contribution is 2.12. The molecule has 0 aromatic heterocycles. The Kier molecular flexibility index (Phi) is 3.71. The van der Waals surface area contributed by atoms with E-state index < -0.39 is 0 Å². The average molecular weight is 206 g/mol. The van der Waals surface area contributed by atoms with Crippen LogP contribution in [0.3, 0.4) is 0 Å². The van der Waals surface area contributed by atoms with Crippen LogP contribution in [0.4, 0.5) is 0 Å². The van der Waals surface area contributed by atoms with Crippen molar-refractivity contribution in [1.82, 2.24) is 4.90 Å².